The summed E-state index contributed by atoms with van der Waals surface area (Å²) in [5, 5.41) is 17.4. The van der Waals surface area contributed by atoms with Gasteiger partial charge in [0.25, 0.3) is 0 Å². The van der Waals surface area contributed by atoms with E-state index in [0.717, 1.165) is 12.1 Å². The van der Waals surface area contributed by atoms with E-state index in [2.05, 4.69) is 0 Å². The van der Waals surface area contributed by atoms with Crippen molar-refractivity contribution in [2.24, 2.45) is 0 Å². The van der Waals surface area contributed by atoms with Crippen LogP contribution in [0, 0.1) is 12.7 Å². The molecule has 1 aromatic rings. The molecule has 21 heavy (non-hydrogen) atoms. The van der Waals surface area contributed by atoms with E-state index in [-0.39, 0.29) is 10.5 Å². The monoisotopic (exact) mass is 319 g/mol. The van der Waals surface area contributed by atoms with Crippen LogP contribution < -0.4 is 4.72 Å². The number of nitrogens with one attached hydrogen (secondary N) is 1. The van der Waals surface area contributed by atoms with Gasteiger partial charge in [0.15, 0.2) is 0 Å². The summed E-state index contributed by atoms with van der Waals surface area (Å²) in [5.74, 6) is -3.53. The molecule has 1 atom stereocenters. The standard InChI is InChI=1S/C12H14FNO6S/c1-7-2-3-8(13)6-10(7)21(19,20)14-9(12(17)18)4-5-11(15)16/h2-3,6,9,14H,4-5H2,1H3,(H,15,16)(H,17,18). The van der Waals surface area contributed by atoms with E-state index >= 15 is 0 Å². The number of halogens is 1. The Hall–Kier alpha value is -2.00. The third kappa shape index (κ3) is 4.80. The fourth-order valence-corrected chi connectivity index (χ4v) is 3.09. The topological polar surface area (TPSA) is 121 Å². The number of aryl methyl sites for hydroxylation is 1. The molecule has 1 rings (SSSR count). The first kappa shape index (κ1) is 17.1. The van der Waals surface area contributed by atoms with Gasteiger partial charge in [0.1, 0.15) is 11.9 Å². The Balaban J connectivity index is 3.03. The van der Waals surface area contributed by atoms with E-state index in [1.165, 1.54) is 13.0 Å². The molecule has 0 heterocycles. The maximum atomic E-state index is 13.1. The fourth-order valence-electron chi connectivity index (χ4n) is 1.61. The predicted molar refractivity (Wildman–Crippen MR) is 69.8 cm³/mol. The average molecular weight is 319 g/mol. The summed E-state index contributed by atoms with van der Waals surface area (Å²) in [6.07, 6.45) is -0.931. The lowest BCUT2D eigenvalue weighted by Gasteiger charge is -2.15. The van der Waals surface area contributed by atoms with Crippen LogP contribution >= 0.6 is 0 Å². The maximum Gasteiger partial charge on any atom is 0.321 e. The van der Waals surface area contributed by atoms with Gasteiger partial charge in [-0.15, -0.1) is 0 Å². The lowest BCUT2D eigenvalue weighted by Crippen LogP contribution is -2.41. The van der Waals surface area contributed by atoms with Gasteiger partial charge in [0, 0.05) is 6.42 Å². The van der Waals surface area contributed by atoms with E-state index in [9.17, 15) is 22.4 Å². The van der Waals surface area contributed by atoms with Crippen molar-refractivity contribution in [2.45, 2.75) is 30.7 Å². The molecule has 3 N–H and O–H groups in total. The van der Waals surface area contributed by atoms with Crippen molar-refractivity contribution < 1.29 is 32.6 Å². The normalized spacial score (nSPS) is 12.9. The van der Waals surface area contributed by atoms with Crippen LogP contribution in [0.25, 0.3) is 0 Å². The summed E-state index contributed by atoms with van der Waals surface area (Å²) < 4.78 is 39.2. The Morgan fingerprint density at radius 2 is 1.95 bits per heavy atom. The Morgan fingerprint density at radius 1 is 1.33 bits per heavy atom. The second-order valence-electron chi connectivity index (χ2n) is 4.35. The van der Waals surface area contributed by atoms with Crippen LogP contribution in [0.2, 0.25) is 0 Å². The Morgan fingerprint density at radius 3 is 2.48 bits per heavy atom. The predicted octanol–water partition coefficient (Wildman–Crippen LogP) is 0.730. The van der Waals surface area contributed by atoms with E-state index in [1.54, 1.807) is 0 Å². The number of rotatable bonds is 7. The zero-order valence-electron chi connectivity index (χ0n) is 11.0. The molecule has 0 amide bonds. The summed E-state index contributed by atoms with van der Waals surface area (Å²) in [7, 11) is -4.27. The highest BCUT2D eigenvalue weighted by atomic mass is 32.2. The van der Waals surface area contributed by atoms with Crippen LogP contribution in [0.5, 0.6) is 0 Å². The Kier molecular flexibility index (Phi) is 5.39. The molecule has 116 valence electrons. The molecule has 0 fully saturated rings. The van der Waals surface area contributed by atoms with Crippen molar-refractivity contribution in [3.8, 4) is 0 Å². The van der Waals surface area contributed by atoms with Crippen molar-refractivity contribution in [2.75, 3.05) is 0 Å². The van der Waals surface area contributed by atoms with E-state index in [1.807, 2.05) is 4.72 Å². The van der Waals surface area contributed by atoms with Gasteiger partial charge >= 0.3 is 11.9 Å². The molecule has 1 unspecified atom stereocenters. The van der Waals surface area contributed by atoms with E-state index in [0.29, 0.717) is 0 Å². The second-order valence-corrected chi connectivity index (χ2v) is 6.04. The van der Waals surface area contributed by atoms with Crippen molar-refractivity contribution in [1.29, 1.82) is 0 Å². The van der Waals surface area contributed by atoms with Gasteiger partial charge in [-0.1, -0.05) is 6.07 Å². The molecule has 0 saturated heterocycles. The average Bonchev–Trinajstić information content (AvgIpc) is 2.36. The third-order valence-corrected chi connectivity index (χ3v) is 4.30. The van der Waals surface area contributed by atoms with Crippen molar-refractivity contribution in [1.82, 2.24) is 4.72 Å². The molecule has 0 aliphatic rings. The number of aliphatic carboxylic acids is 2. The van der Waals surface area contributed by atoms with Crippen LogP contribution in [-0.2, 0) is 19.6 Å². The zero-order valence-corrected chi connectivity index (χ0v) is 11.9. The van der Waals surface area contributed by atoms with Gasteiger partial charge < -0.3 is 10.2 Å². The highest BCUT2D eigenvalue weighted by Crippen LogP contribution is 2.17. The van der Waals surface area contributed by atoms with Crippen LogP contribution in [-0.4, -0.2) is 36.6 Å². The zero-order chi connectivity index (χ0) is 16.2. The Bertz CT molecular complexity index is 658. The lowest BCUT2D eigenvalue weighted by molar-refractivity contribution is -0.140. The number of hydrogen-bond acceptors (Lipinski definition) is 4. The van der Waals surface area contributed by atoms with Gasteiger partial charge in [0.05, 0.1) is 4.90 Å². The summed E-state index contributed by atoms with van der Waals surface area (Å²) in [5.41, 5.74) is 0.242. The SMILES string of the molecule is Cc1ccc(F)cc1S(=O)(=O)NC(CCC(=O)O)C(=O)O. The molecular formula is C12H14FNO6S. The quantitative estimate of drug-likeness (QED) is 0.681. The molecule has 7 nitrogen and oxygen atoms in total. The van der Waals surface area contributed by atoms with Crippen LogP contribution in [0.15, 0.2) is 23.1 Å². The minimum absolute atomic E-state index is 0.242. The molecule has 0 spiro atoms. The molecule has 0 aliphatic carbocycles. The summed E-state index contributed by atoms with van der Waals surface area (Å²) >= 11 is 0. The molecule has 0 aliphatic heterocycles. The minimum atomic E-state index is -4.27. The number of carboxylic acid groups (broad SMARTS) is 2. The molecule has 0 radical (unpaired) electrons. The lowest BCUT2D eigenvalue weighted by atomic mass is 10.2. The minimum Gasteiger partial charge on any atom is -0.481 e. The smallest absolute Gasteiger partial charge is 0.321 e. The number of benzene rings is 1. The van der Waals surface area contributed by atoms with Gasteiger partial charge in [-0.2, -0.15) is 4.72 Å². The van der Waals surface area contributed by atoms with Crippen molar-refractivity contribution in [3.63, 3.8) is 0 Å². The third-order valence-electron chi connectivity index (χ3n) is 2.68. The van der Waals surface area contributed by atoms with Crippen molar-refractivity contribution in [3.05, 3.63) is 29.6 Å². The number of hydrogen-bond donors (Lipinski definition) is 3. The first-order chi connectivity index (χ1) is 9.63. The first-order valence-corrected chi connectivity index (χ1v) is 7.35. The first-order valence-electron chi connectivity index (χ1n) is 5.86. The highest BCUT2D eigenvalue weighted by molar-refractivity contribution is 7.89. The summed E-state index contributed by atoms with van der Waals surface area (Å²) in [6, 6.07) is 1.49. The molecular weight excluding hydrogens is 305 g/mol. The maximum absolute atomic E-state index is 13.1. The fraction of sp³-hybridized carbons (Fsp3) is 0.333. The molecule has 0 bridgehead atoms. The van der Waals surface area contributed by atoms with Gasteiger partial charge in [-0.25, -0.2) is 12.8 Å². The van der Waals surface area contributed by atoms with Gasteiger partial charge in [0.2, 0.25) is 10.0 Å². The van der Waals surface area contributed by atoms with Gasteiger partial charge in [-0.05, 0) is 31.0 Å². The number of carbonyl (C=O) groups is 2. The largest absolute Gasteiger partial charge is 0.481 e. The molecule has 9 heteroatoms. The molecule has 0 aromatic heterocycles. The van der Waals surface area contributed by atoms with E-state index in [4.69, 9.17) is 10.2 Å². The summed E-state index contributed by atoms with van der Waals surface area (Å²) in [6.45, 7) is 1.43. The van der Waals surface area contributed by atoms with Gasteiger partial charge in [-0.3, -0.25) is 9.59 Å². The molecule has 0 saturated carbocycles. The number of sulfonamides is 1. The highest BCUT2D eigenvalue weighted by Gasteiger charge is 2.27. The Labute approximate surface area is 120 Å². The molecule has 1 aromatic carbocycles. The van der Waals surface area contributed by atoms with Crippen molar-refractivity contribution >= 4 is 22.0 Å². The summed E-state index contributed by atoms with van der Waals surface area (Å²) in [4.78, 5) is 21.0. The van der Waals surface area contributed by atoms with Crippen LogP contribution in [0.3, 0.4) is 0 Å². The van der Waals surface area contributed by atoms with E-state index < -0.39 is 46.7 Å². The van der Waals surface area contributed by atoms with Crippen LogP contribution in [0.4, 0.5) is 4.39 Å². The second kappa shape index (κ2) is 6.64. The number of carboxylic acids is 2. The van der Waals surface area contributed by atoms with Crippen LogP contribution in [0.1, 0.15) is 18.4 Å².